The number of alkyl halides is 2. The van der Waals surface area contributed by atoms with E-state index < -0.39 is 5.92 Å². The van der Waals surface area contributed by atoms with Gasteiger partial charge in [0.05, 0.1) is 13.7 Å². The third-order valence-electron chi connectivity index (χ3n) is 5.43. The Morgan fingerprint density at radius 1 is 1.38 bits per heavy atom. The second-order valence-corrected chi connectivity index (χ2v) is 7.51. The van der Waals surface area contributed by atoms with Crippen LogP contribution in [0.1, 0.15) is 42.6 Å². The molecule has 1 aliphatic heterocycles. The van der Waals surface area contributed by atoms with Gasteiger partial charge in [-0.05, 0) is 50.4 Å². The lowest BCUT2D eigenvalue weighted by atomic mass is 9.98. The minimum absolute atomic E-state index is 0.0267. The van der Waals surface area contributed by atoms with Crippen molar-refractivity contribution in [3.8, 4) is 5.75 Å². The molecule has 1 fully saturated rings. The second-order valence-electron chi connectivity index (χ2n) is 7.51. The van der Waals surface area contributed by atoms with Gasteiger partial charge in [0, 0.05) is 31.6 Å². The Morgan fingerprint density at radius 3 is 2.69 bits per heavy atom. The van der Waals surface area contributed by atoms with Crippen LogP contribution in [0, 0.1) is 12.8 Å². The molecule has 1 aliphatic rings. The largest absolute Gasteiger partial charge is 0.496 e. The molecule has 1 amide bonds. The molecule has 0 bridgehead atoms. The highest BCUT2D eigenvalue weighted by atomic mass is 19.3. The minimum atomic E-state index is -2.60. The van der Waals surface area contributed by atoms with Crippen LogP contribution in [-0.4, -0.2) is 61.5 Å². The van der Waals surface area contributed by atoms with E-state index in [1.54, 1.807) is 31.2 Å². The summed E-state index contributed by atoms with van der Waals surface area (Å²) in [4.78, 5) is 16.3. The Labute approximate surface area is 155 Å². The topological polar surface area (TPSA) is 32.8 Å². The van der Waals surface area contributed by atoms with E-state index in [9.17, 15) is 13.6 Å². The van der Waals surface area contributed by atoms with Gasteiger partial charge in [-0.15, -0.1) is 0 Å². The van der Waals surface area contributed by atoms with Crippen LogP contribution in [0.4, 0.5) is 8.78 Å². The van der Waals surface area contributed by atoms with Crippen LogP contribution in [-0.2, 0) is 0 Å². The minimum Gasteiger partial charge on any atom is -0.496 e. The van der Waals surface area contributed by atoms with E-state index in [-0.39, 0.29) is 30.8 Å². The molecule has 146 valence electrons. The molecular formula is C20H30F2N2O2. The average molecular weight is 368 g/mol. The summed E-state index contributed by atoms with van der Waals surface area (Å²) in [5.74, 6) is -1.92. The number of ether oxygens (including phenoxy) is 1. The van der Waals surface area contributed by atoms with Crippen LogP contribution in [0.5, 0.6) is 5.75 Å². The molecule has 0 aromatic heterocycles. The molecule has 1 heterocycles. The maximum absolute atomic E-state index is 13.6. The molecule has 0 spiro atoms. The number of amides is 1. The highest BCUT2D eigenvalue weighted by Crippen LogP contribution is 2.28. The molecule has 26 heavy (non-hydrogen) atoms. The van der Waals surface area contributed by atoms with E-state index in [1.807, 2.05) is 31.7 Å². The number of methoxy groups -OCH3 is 1. The molecule has 0 saturated carbocycles. The van der Waals surface area contributed by atoms with Crippen molar-refractivity contribution in [1.82, 2.24) is 9.80 Å². The number of hydrogen-bond donors (Lipinski definition) is 0. The van der Waals surface area contributed by atoms with Gasteiger partial charge in [-0.2, -0.15) is 0 Å². The van der Waals surface area contributed by atoms with Gasteiger partial charge >= 0.3 is 0 Å². The molecule has 1 aromatic carbocycles. The van der Waals surface area contributed by atoms with Crippen molar-refractivity contribution in [2.24, 2.45) is 5.92 Å². The first kappa shape index (κ1) is 20.6. The van der Waals surface area contributed by atoms with E-state index in [0.717, 1.165) is 5.56 Å². The molecule has 0 radical (unpaired) electrons. The van der Waals surface area contributed by atoms with Gasteiger partial charge in [0.15, 0.2) is 0 Å². The van der Waals surface area contributed by atoms with Crippen molar-refractivity contribution in [3.63, 3.8) is 0 Å². The lowest BCUT2D eigenvalue weighted by Crippen LogP contribution is -2.48. The standard InChI is InChI=1S/C20H30F2N2O2/c1-14-7-8-17(11-18(14)26-5)19(25)23(4)16(3)15(2)12-24-10-6-9-20(21,22)13-24/h7-8,11,15-16H,6,9-10,12-13H2,1-5H3. The molecule has 4 nitrogen and oxygen atoms in total. The van der Waals surface area contributed by atoms with E-state index in [1.165, 1.54) is 0 Å². The van der Waals surface area contributed by atoms with Gasteiger partial charge < -0.3 is 9.64 Å². The summed E-state index contributed by atoms with van der Waals surface area (Å²) in [6.07, 6.45) is 0.493. The SMILES string of the molecule is COc1cc(C(=O)N(C)C(C)C(C)CN2CCCC(F)(F)C2)ccc1C. The maximum atomic E-state index is 13.6. The quantitative estimate of drug-likeness (QED) is 0.765. The first-order chi connectivity index (χ1) is 12.1. The summed E-state index contributed by atoms with van der Waals surface area (Å²) in [6, 6.07) is 5.34. The number of carbonyl (C=O) groups excluding carboxylic acids is 1. The lowest BCUT2D eigenvalue weighted by Gasteiger charge is -2.37. The third-order valence-corrected chi connectivity index (χ3v) is 5.43. The zero-order chi connectivity index (χ0) is 19.5. The van der Waals surface area contributed by atoms with Crippen LogP contribution in [0.2, 0.25) is 0 Å². The van der Waals surface area contributed by atoms with Gasteiger partial charge in [0.1, 0.15) is 5.75 Å². The lowest BCUT2D eigenvalue weighted by molar-refractivity contribution is -0.0682. The number of aryl methyl sites for hydroxylation is 1. The molecule has 6 heteroatoms. The number of likely N-dealkylation sites (tertiary alicyclic amines) is 1. The monoisotopic (exact) mass is 368 g/mol. The highest BCUT2D eigenvalue weighted by Gasteiger charge is 2.36. The van der Waals surface area contributed by atoms with E-state index in [4.69, 9.17) is 4.74 Å². The Morgan fingerprint density at radius 2 is 2.08 bits per heavy atom. The van der Waals surface area contributed by atoms with Gasteiger partial charge in [-0.1, -0.05) is 13.0 Å². The molecule has 1 saturated heterocycles. The zero-order valence-corrected chi connectivity index (χ0v) is 16.4. The van der Waals surface area contributed by atoms with Gasteiger partial charge in [0.25, 0.3) is 11.8 Å². The normalized spacial score (nSPS) is 19.7. The van der Waals surface area contributed by atoms with Gasteiger partial charge in [0.2, 0.25) is 0 Å². The number of hydrogen-bond acceptors (Lipinski definition) is 3. The third kappa shape index (κ3) is 4.93. The first-order valence-electron chi connectivity index (χ1n) is 9.16. The van der Waals surface area contributed by atoms with Crippen molar-refractivity contribution in [2.75, 3.05) is 33.8 Å². The van der Waals surface area contributed by atoms with Gasteiger partial charge in [-0.25, -0.2) is 8.78 Å². The molecule has 1 aromatic rings. The summed E-state index contributed by atoms with van der Waals surface area (Å²) < 4.78 is 32.5. The van der Waals surface area contributed by atoms with E-state index >= 15 is 0 Å². The van der Waals surface area contributed by atoms with Crippen LogP contribution >= 0.6 is 0 Å². The molecule has 0 aliphatic carbocycles. The summed E-state index contributed by atoms with van der Waals surface area (Å²) in [5.41, 5.74) is 1.54. The van der Waals surface area contributed by atoms with Crippen molar-refractivity contribution in [2.45, 2.75) is 45.6 Å². The number of benzene rings is 1. The molecule has 2 unspecified atom stereocenters. The Kier molecular flexibility index (Phi) is 6.61. The van der Waals surface area contributed by atoms with Gasteiger partial charge in [-0.3, -0.25) is 9.69 Å². The second kappa shape index (κ2) is 8.33. The average Bonchev–Trinajstić information content (AvgIpc) is 2.59. The smallest absolute Gasteiger partial charge is 0.260 e. The summed E-state index contributed by atoms with van der Waals surface area (Å²) in [6.45, 7) is 6.98. The van der Waals surface area contributed by atoms with E-state index in [2.05, 4.69) is 0 Å². The number of rotatable bonds is 6. The zero-order valence-electron chi connectivity index (χ0n) is 16.4. The van der Waals surface area contributed by atoms with Crippen LogP contribution in [0.15, 0.2) is 18.2 Å². The summed E-state index contributed by atoms with van der Waals surface area (Å²) in [7, 11) is 3.35. The van der Waals surface area contributed by atoms with Crippen molar-refractivity contribution < 1.29 is 18.3 Å². The van der Waals surface area contributed by atoms with E-state index in [0.29, 0.717) is 30.8 Å². The Hall–Kier alpha value is -1.69. The molecule has 0 N–H and O–H groups in total. The maximum Gasteiger partial charge on any atom is 0.260 e. The van der Waals surface area contributed by atoms with Crippen LogP contribution < -0.4 is 4.74 Å². The van der Waals surface area contributed by atoms with Crippen LogP contribution in [0.25, 0.3) is 0 Å². The predicted molar refractivity (Wildman–Crippen MR) is 99.1 cm³/mol. The van der Waals surface area contributed by atoms with Crippen LogP contribution in [0.3, 0.4) is 0 Å². The number of nitrogens with zero attached hydrogens (tertiary/aromatic N) is 2. The molecule has 2 rings (SSSR count). The van der Waals surface area contributed by atoms with Crippen molar-refractivity contribution >= 4 is 5.91 Å². The van der Waals surface area contributed by atoms with Crippen molar-refractivity contribution in [3.05, 3.63) is 29.3 Å². The number of carbonyl (C=O) groups is 1. The highest BCUT2D eigenvalue weighted by molar-refractivity contribution is 5.94. The summed E-state index contributed by atoms with van der Waals surface area (Å²) >= 11 is 0. The Bertz CT molecular complexity index is 636. The molecular weight excluding hydrogens is 338 g/mol. The fraction of sp³-hybridized carbons (Fsp3) is 0.650. The first-order valence-corrected chi connectivity index (χ1v) is 9.16. The number of piperidine rings is 1. The van der Waals surface area contributed by atoms with Crippen molar-refractivity contribution in [1.29, 1.82) is 0 Å². The molecule has 2 atom stereocenters. The fourth-order valence-corrected chi connectivity index (χ4v) is 3.49. The summed E-state index contributed by atoms with van der Waals surface area (Å²) in [5, 5.41) is 0. The number of halogens is 2. The fourth-order valence-electron chi connectivity index (χ4n) is 3.49. The predicted octanol–water partition coefficient (Wildman–Crippen LogP) is 3.83. The Balaban J connectivity index is 2.01.